The minimum Gasteiger partial charge on any atom is -1.00 e. The molecule has 0 saturated carbocycles. The van der Waals surface area contributed by atoms with E-state index in [2.05, 4.69) is 142 Å². The van der Waals surface area contributed by atoms with Gasteiger partial charge in [0.25, 0.3) is 0 Å². The van der Waals surface area contributed by atoms with Crippen LogP contribution >= 0.6 is 23.2 Å². The SMILES string of the molecule is CC1=C(C)[CH]([Zr+2]([CH]2C(C)=C(C)c3c(C(C)C)ccc(C)c32)=[Si](c2ccc(Cl)cc2)c2ccc(Cl)cc2)c2c(C)ccc(C(C)C)c21.[Cl-].[Cl-]. The van der Waals surface area contributed by atoms with Crippen LogP contribution in [-0.2, 0) is 20.4 Å². The molecule has 4 aromatic carbocycles. The van der Waals surface area contributed by atoms with Crippen LogP contribution in [-0.4, -0.2) is 5.43 Å². The fraction of sp³-hybridized carbons (Fsp3) is 0.333. The van der Waals surface area contributed by atoms with E-state index < -0.39 is 25.8 Å². The summed E-state index contributed by atoms with van der Waals surface area (Å²) < 4.78 is 0.967. The number of hydrogen-bond acceptors (Lipinski definition) is 0. The number of benzene rings is 4. The average molecular weight is 812 g/mol. The van der Waals surface area contributed by atoms with E-state index >= 15 is 0 Å². The van der Waals surface area contributed by atoms with Crippen molar-refractivity contribution >= 4 is 50.2 Å². The molecule has 2 atom stereocenters. The van der Waals surface area contributed by atoms with Crippen molar-refractivity contribution in [1.29, 1.82) is 0 Å². The van der Waals surface area contributed by atoms with E-state index in [9.17, 15) is 0 Å². The van der Waals surface area contributed by atoms with Gasteiger partial charge >= 0.3 is 297 Å². The van der Waals surface area contributed by atoms with Gasteiger partial charge < -0.3 is 24.8 Å². The van der Waals surface area contributed by atoms with E-state index in [0.29, 0.717) is 19.1 Å². The molecule has 4 aromatic rings. The Hall–Kier alpha value is -1.38. The number of halogens is 4. The molecular weight excluding hydrogens is 766 g/mol. The summed E-state index contributed by atoms with van der Waals surface area (Å²) in [5.74, 6) is 0.958. The topological polar surface area (TPSA) is 0 Å². The summed E-state index contributed by atoms with van der Waals surface area (Å²) >= 11 is 10.4. The van der Waals surface area contributed by atoms with Crippen molar-refractivity contribution in [1.82, 2.24) is 0 Å². The van der Waals surface area contributed by atoms with Crippen LogP contribution in [0.25, 0.3) is 11.1 Å². The van der Waals surface area contributed by atoms with Crippen LogP contribution in [0.15, 0.2) is 83.9 Å². The predicted molar refractivity (Wildman–Crippen MR) is 200 cm³/mol. The Morgan fingerprint density at radius 1 is 0.521 bits per heavy atom. The fourth-order valence-electron chi connectivity index (χ4n) is 8.25. The molecule has 6 heteroatoms. The summed E-state index contributed by atoms with van der Waals surface area (Å²) in [7, 11) is 0. The zero-order chi connectivity index (χ0) is 33.2. The molecule has 0 amide bonds. The first-order valence-corrected chi connectivity index (χ1v) is 25.5. The first-order chi connectivity index (χ1) is 21.8. The molecule has 0 fully saturated rings. The monoisotopic (exact) mass is 808 g/mol. The van der Waals surface area contributed by atoms with E-state index in [4.69, 9.17) is 23.2 Å². The Bertz CT molecular complexity index is 1820. The molecule has 0 nitrogen and oxygen atoms in total. The molecule has 0 bridgehead atoms. The van der Waals surface area contributed by atoms with Gasteiger partial charge in [0.1, 0.15) is 0 Å². The maximum Gasteiger partial charge on any atom is -1.00 e. The number of fused-ring (bicyclic) bond motifs is 2. The van der Waals surface area contributed by atoms with Crippen molar-refractivity contribution in [3.8, 4) is 0 Å². The molecule has 250 valence electrons. The fourth-order valence-corrected chi connectivity index (χ4v) is 34.5. The van der Waals surface area contributed by atoms with Gasteiger partial charge in [-0.25, -0.2) is 0 Å². The van der Waals surface area contributed by atoms with Gasteiger partial charge in [0.15, 0.2) is 0 Å². The van der Waals surface area contributed by atoms with Gasteiger partial charge in [0, 0.05) is 0 Å². The molecule has 48 heavy (non-hydrogen) atoms. The van der Waals surface area contributed by atoms with Gasteiger partial charge in [-0.1, -0.05) is 0 Å². The molecule has 2 unspecified atom stereocenters. The van der Waals surface area contributed by atoms with E-state index in [-0.39, 0.29) is 24.8 Å². The van der Waals surface area contributed by atoms with Crippen molar-refractivity contribution in [2.75, 3.05) is 0 Å². The van der Waals surface area contributed by atoms with Gasteiger partial charge in [0.05, 0.1) is 0 Å². The summed E-state index contributed by atoms with van der Waals surface area (Å²) in [6.45, 7) is 24.0. The Balaban J connectivity index is 0.00000260. The molecule has 0 saturated heterocycles. The summed E-state index contributed by atoms with van der Waals surface area (Å²) in [5, 5.41) is 4.58. The summed E-state index contributed by atoms with van der Waals surface area (Å²) in [4.78, 5) is 0. The number of aryl methyl sites for hydroxylation is 2. The summed E-state index contributed by atoms with van der Waals surface area (Å²) in [6, 6.07) is 27.5. The first kappa shape index (κ1) is 39.4. The van der Waals surface area contributed by atoms with Crippen molar-refractivity contribution in [2.45, 2.75) is 88.3 Å². The molecule has 2 aliphatic rings. The standard InChI is InChI=1S/2C15H19.C12H8Cl2Si.2ClH.Zr/c2*1-9(2)13-7-6-10(3)14-8-11(4)12(5)15(13)14;13-9-1-5-11(6-2-9)15-12-7-3-10(14)4-8-12;;;/h2*6-9H,1-5H3;1-8H;2*1H;/q;;;;;+2/p-2. The number of allylic oxidation sites excluding steroid dienone is 4. The quantitative estimate of drug-likeness (QED) is 0.220. The minimum atomic E-state index is -2.77. The molecule has 0 aromatic heterocycles. The molecule has 0 radical (unpaired) electrons. The second-order valence-electron chi connectivity index (χ2n) is 14.2. The Morgan fingerprint density at radius 2 is 0.854 bits per heavy atom. The zero-order valence-electron chi connectivity index (χ0n) is 29.7. The van der Waals surface area contributed by atoms with Gasteiger partial charge in [-0.05, 0) is 0 Å². The Morgan fingerprint density at radius 3 is 1.17 bits per heavy atom. The molecule has 0 aliphatic heterocycles. The van der Waals surface area contributed by atoms with Crippen LogP contribution in [0.5, 0.6) is 0 Å². The zero-order valence-corrected chi connectivity index (χ0v) is 36.2. The number of hydrogen-bond donors (Lipinski definition) is 0. The number of rotatable bonds is 6. The normalized spacial score (nSPS) is 16.4. The molecule has 0 N–H and O–H groups in total. The van der Waals surface area contributed by atoms with E-state index in [1.54, 1.807) is 33.4 Å². The van der Waals surface area contributed by atoms with Crippen molar-refractivity contribution in [3.05, 3.63) is 138 Å². The molecule has 0 heterocycles. The van der Waals surface area contributed by atoms with Crippen molar-refractivity contribution in [3.63, 3.8) is 0 Å². The minimum absolute atomic E-state index is 0. The predicted octanol–water partition coefficient (Wildman–Crippen LogP) is 5.69. The van der Waals surface area contributed by atoms with Crippen LogP contribution in [0.3, 0.4) is 0 Å². The maximum atomic E-state index is 6.57. The largest absolute Gasteiger partial charge is 1.00 e. The third-order valence-electron chi connectivity index (χ3n) is 10.8. The van der Waals surface area contributed by atoms with Gasteiger partial charge in [0.2, 0.25) is 0 Å². The van der Waals surface area contributed by atoms with Gasteiger partial charge in [-0.15, -0.1) is 0 Å². The third kappa shape index (κ3) is 6.69. The molecule has 2 aliphatic carbocycles. The smallest absolute Gasteiger partial charge is 1.00 e. The van der Waals surface area contributed by atoms with Crippen LogP contribution in [0.4, 0.5) is 0 Å². The van der Waals surface area contributed by atoms with E-state index in [1.807, 2.05) is 0 Å². The average Bonchev–Trinajstić information content (AvgIpc) is 3.43. The van der Waals surface area contributed by atoms with Crippen LogP contribution in [0.1, 0.15) is 119 Å². The first-order valence-electron chi connectivity index (χ1n) is 16.7. The van der Waals surface area contributed by atoms with Gasteiger partial charge in [-0.3, -0.25) is 0 Å². The van der Waals surface area contributed by atoms with Crippen molar-refractivity contribution < 1.29 is 45.2 Å². The second kappa shape index (κ2) is 15.5. The second-order valence-corrected chi connectivity index (χ2v) is 29.1. The third-order valence-corrected chi connectivity index (χ3v) is 32.2. The summed E-state index contributed by atoms with van der Waals surface area (Å²) in [6.07, 6.45) is 0. The van der Waals surface area contributed by atoms with Crippen LogP contribution in [0, 0.1) is 13.8 Å². The van der Waals surface area contributed by atoms with Crippen LogP contribution in [0.2, 0.25) is 10.0 Å². The molecular formula is C42H46Cl4SiZr. The van der Waals surface area contributed by atoms with Crippen molar-refractivity contribution in [2.24, 2.45) is 0 Å². The van der Waals surface area contributed by atoms with E-state index in [1.165, 1.54) is 43.8 Å². The van der Waals surface area contributed by atoms with E-state index in [0.717, 1.165) is 10.0 Å². The van der Waals surface area contributed by atoms with Gasteiger partial charge in [-0.2, -0.15) is 0 Å². The van der Waals surface area contributed by atoms with Crippen LogP contribution < -0.4 is 35.2 Å². The maximum absolute atomic E-state index is 6.57. The Labute approximate surface area is 319 Å². The Kier molecular flexibility index (Phi) is 12.7. The molecule has 6 rings (SSSR count). The molecule has 0 spiro atoms. The summed E-state index contributed by atoms with van der Waals surface area (Å²) in [5.41, 5.74) is 17.3.